The highest BCUT2D eigenvalue weighted by atomic mass is 35.5. The zero-order valence-corrected chi connectivity index (χ0v) is 15.9. The summed E-state index contributed by atoms with van der Waals surface area (Å²) >= 11 is 6.07. The van der Waals surface area contributed by atoms with Crippen molar-refractivity contribution in [1.29, 1.82) is 0 Å². The third-order valence-electron chi connectivity index (χ3n) is 5.00. The minimum absolute atomic E-state index is 0.161. The summed E-state index contributed by atoms with van der Waals surface area (Å²) in [5.74, 6) is 0.161. The number of carbonyl (C=O) groups is 1. The predicted molar refractivity (Wildman–Crippen MR) is 105 cm³/mol. The molecule has 0 atom stereocenters. The van der Waals surface area contributed by atoms with Crippen molar-refractivity contribution in [3.05, 3.63) is 70.7 Å². The van der Waals surface area contributed by atoms with Crippen LogP contribution in [-0.4, -0.2) is 45.2 Å². The fourth-order valence-corrected chi connectivity index (χ4v) is 3.74. The Balaban J connectivity index is 1.33. The number of hydrogen-bond donors (Lipinski definition) is 3. The molecule has 1 saturated heterocycles. The van der Waals surface area contributed by atoms with Crippen molar-refractivity contribution in [1.82, 2.24) is 5.32 Å². The number of benzene rings is 2. The summed E-state index contributed by atoms with van der Waals surface area (Å²) in [7, 11) is 0. The van der Waals surface area contributed by atoms with Crippen LogP contribution >= 0.6 is 11.6 Å². The molecule has 0 saturated carbocycles. The number of carbonyl (C=O) groups excluding carboxylic acids is 1. The molecule has 4 nitrogen and oxygen atoms in total. The van der Waals surface area contributed by atoms with Gasteiger partial charge in [0, 0.05) is 17.1 Å². The number of halogens is 1. The lowest BCUT2D eigenvalue weighted by atomic mass is 10.1. The molecule has 5 heteroatoms. The monoisotopic (exact) mass is 373 g/mol. The maximum Gasteiger partial charge on any atom is 0.275 e. The molecule has 1 amide bonds. The maximum atomic E-state index is 12.2. The summed E-state index contributed by atoms with van der Waals surface area (Å²) < 4.78 is 0. The lowest BCUT2D eigenvalue weighted by Crippen LogP contribution is -3.28. The topological polar surface area (TPSA) is 38.0 Å². The third-order valence-corrected chi connectivity index (χ3v) is 5.23. The molecule has 1 heterocycles. The van der Waals surface area contributed by atoms with E-state index < -0.39 is 0 Å². The highest BCUT2D eigenvalue weighted by molar-refractivity contribution is 6.30. The molecule has 26 heavy (non-hydrogen) atoms. The molecule has 2 aromatic carbocycles. The lowest BCUT2D eigenvalue weighted by molar-refractivity contribution is -1.02. The summed E-state index contributed by atoms with van der Waals surface area (Å²) in [5.41, 5.74) is 2.55. The van der Waals surface area contributed by atoms with Gasteiger partial charge >= 0.3 is 0 Å². The predicted octanol–water partition coefficient (Wildman–Crippen LogP) is -0.0177. The Morgan fingerprint density at radius 1 is 0.923 bits per heavy atom. The molecule has 0 aliphatic carbocycles. The summed E-state index contributed by atoms with van der Waals surface area (Å²) in [6.45, 7) is 6.58. The minimum Gasteiger partial charge on any atom is -0.351 e. The van der Waals surface area contributed by atoms with Crippen LogP contribution in [0.5, 0.6) is 0 Å². The van der Waals surface area contributed by atoms with Crippen LogP contribution in [0.3, 0.4) is 0 Å². The van der Waals surface area contributed by atoms with Crippen LogP contribution in [0.1, 0.15) is 11.1 Å². The van der Waals surface area contributed by atoms with Gasteiger partial charge in [0.2, 0.25) is 0 Å². The van der Waals surface area contributed by atoms with Crippen LogP contribution in [0.25, 0.3) is 0 Å². The van der Waals surface area contributed by atoms with Gasteiger partial charge in [0.25, 0.3) is 5.91 Å². The second kappa shape index (κ2) is 9.72. The van der Waals surface area contributed by atoms with Gasteiger partial charge in [-0.05, 0) is 24.1 Å². The fraction of sp³-hybridized carbons (Fsp3) is 0.381. The van der Waals surface area contributed by atoms with Crippen LogP contribution < -0.4 is 15.1 Å². The Bertz CT molecular complexity index is 699. The first-order valence-corrected chi connectivity index (χ1v) is 9.79. The Morgan fingerprint density at radius 3 is 2.35 bits per heavy atom. The van der Waals surface area contributed by atoms with Crippen LogP contribution in [0.2, 0.25) is 5.02 Å². The highest BCUT2D eigenvalue weighted by Crippen LogP contribution is 2.09. The van der Waals surface area contributed by atoms with Gasteiger partial charge in [0.1, 0.15) is 32.7 Å². The highest BCUT2D eigenvalue weighted by Gasteiger charge is 2.24. The number of amides is 1. The first kappa shape index (κ1) is 18.9. The molecule has 1 aliphatic rings. The van der Waals surface area contributed by atoms with Crippen LogP contribution in [0.15, 0.2) is 54.6 Å². The Kier molecular flexibility index (Phi) is 7.06. The molecule has 1 fully saturated rings. The smallest absolute Gasteiger partial charge is 0.275 e. The van der Waals surface area contributed by atoms with E-state index in [9.17, 15) is 4.79 Å². The minimum atomic E-state index is 0.161. The average molecular weight is 374 g/mol. The molecular weight excluding hydrogens is 346 g/mol. The summed E-state index contributed by atoms with van der Waals surface area (Å²) in [6.07, 6.45) is 0.888. The van der Waals surface area contributed by atoms with Crippen LogP contribution in [-0.2, 0) is 17.8 Å². The van der Waals surface area contributed by atoms with E-state index in [2.05, 4.69) is 23.5 Å². The molecule has 138 valence electrons. The average Bonchev–Trinajstić information content (AvgIpc) is 2.64. The van der Waals surface area contributed by atoms with E-state index in [1.54, 1.807) is 4.90 Å². The molecule has 0 unspecified atom stereocenters. The SMILES string of the molecule is O=C(C[NH+]1CC[NH+](Cc2cccc(Cl)c2)CC1)NCCc1ccccc1. The Labute approximate surface area is 160 Å². The second-order valence-electron chi connectivity index (χ2n) is 7.07. The van der Waals surface area contributed by atoms with Gasteiger partial charge in [-0.15, -0.1) is 0 Å². The van der Waals surface area contributed by atoms with Crippen molar-refractivity contribution in [2.45, 2.75) is 13.0 Å². The number of quaternary nitrogens is 2. The Hall–Kier alpha value is -1.88. The number of piperazine rings is 1. The second-order valence-corrected chi connectivity index (χ2v) is 7.51. The normalized spacial score (nSPS) is 19.9. The fourth-order valence-electron chi connectivity index (χ4n) is 3.53. The molecule has 0 aromatic heterocycles. The first-order valence-electron chi connectivity index (χ1n) is 9.41. The number of nitrogens with one attached hydrogen (secondary N) is 3. The van der Waals surface area contributed by atoms with Gasteiger partial charge in [0.05, 0.1) is 0 Å². The molecule has 0 bridgehead atoms. The van der Waals surface area contributed by atoms with E-state index in [1.165, 1.54) is 16.0 Å². The van der Waals surface area contributed by atoms with Crippen molar-refractivity contribution in [2.75, 3.05) is 39.3 Å². The van der Waals surface area contributed by atoms with Crippen LogP contribution in [0.4, 0.5) is 0 Å². The van der Waals surface area contributed by atoms with Gasteiger partial charge in [-0.25, -0.2) is 0 Å². The molecule has 0 spiro atoms. The standard InChI is InChI=1S/C21H26ClN3O/c22-20-8-4-7-19(15-20)16-24-11-13-25(14-12-24)17-21(26)23-10-9-18-5-2-1-3-6-18/h1-8,15H,9-14,16-17H2,(H,23,26)/p+2. The van der Waals surface area contributed by atoms with Crippen LogP contribution in [0, 0.1) is 0 Å². The van der Waals surface area contributed by atoms with E-state index in [1.807, 2.05) is 36.4 Å². The third kappa shape index (κ3) is 6.13. The van der Waals surface area contributed by atoms with Crippen molar-refractivity contribution < 1.29 is 14.6 Å². The van der Waals surface area contributed by atoms with E-state index >= 15 is 0 Å². The largest absolute Gasteiger partial charge is 0.351 e. The van der Waals surface area contributed by atoms with Crippen molar-refractivity contribution in [2.24, 2.45) is 0 Å². The van der Waals surface area contributed by atoms with E-state index in [4.69, 9.17) is 11.6 Å². The zero-order chi connectivity index (χ0) is 18.2. The van der Waals surface area contributed by atoms with Crippen molar-refractivity contribution >= 4 is 17.5 Å². The van der Waals surface area contributed by atoms with Gasteiger partial charge in [-0.3, -0.25) is 4.79 Å². The Morgan fingerprint density at radius 2 is 1.62 bits per heavy atom. The van der Waals surface area contributed by atoms with Gasteiger partial charge in [0.15, 0.2) is 6.54 Å². The van der Waals surface area contributed by atoms with Crippen molar-refractivity contribution in [3.63, 3.8) is 0 Å². The number of hydrogen-bond acceptors (Lipinski definition) is 1. The molecule has 3 rings (SSSR count). The quantitative estimate of drug-likeness (QED) is 0.627. The molecule has 2 aromatic rings. The summed E-state index contributed by atoms with van der Waals surface area (Å²) in [5, 5.41) is 3.86. The maximum absolute atomic E-state index is 12.2. The van der Waals surface area contributed by atoms with Gasteiger partial charge in [-0.1, -0.05) is 54.1 Å². The van der Waals surface area contributed by atoms with E-state index in [0.717, 1.165) is 44.2 Å². The van der Waals surface area contributed by atoms with Crippen molar-refractivity contribution in [3.8, 4) is 0 Å². The van der Waals surface area contributed by atoms with Gasteiger partial charge < -0.3 is 15.1 Å². The molecular formula is C21H28ClN3O+2. The first-order chi connectivity index (χ1) is 12.7. The lowest BCUT2D eigenvalue weighted by Gasteiger charge is -2.29. The van der Waals surface area contributed by atoms with E-state index in [-0.39, 0.29) is 5.91 Å². The summed E-state index contributed by atoms with van der Waals surface area (Å²) in [4.78, 5) is 15.1. The van der Waals surface area contributed by atoms with Gasteiger partial charge in [-0.2, -0.15) is 0 Å². The molecule has 1 aliphatic heterocycles. The summed E-state index contributed by atoms with van der Waals surface area (Å²) in [6, 6.07) is 18.4. The molecule has 3 N–H and O–H groups in total. The van der Waals surface area contributed by atoms with E-state index in [0.29, 0.717) is 13.1 Å². The number of rotatable bonds is 7. The zero-order valence-electron chi connectivity index (χ0n) is 15.1. The molecule has 0 radical (unpaired) electrons.